The lowest BCUT2D eigenvalue weighted by Gasteiger charge is -2.20. The van der Waals surface area contributed by atoms with Crippen LogP contribution in [-0.4, -0.2) is 142 Å². The van der Waals surface area contributed by atoms with Gasteiger partial charge < -0.3 is 63.1 Å². The summed E-state index contributed by atoms with van der Waals surface area (Å²) in [7, 11) is 2.24. The van der Waals surface area contributed by atoms with Gasteiger partial charge in [-0.15, -0.1) is 11.6 Å². The van der Waals surface area contributed by atoms with Crippen LogP contribution < -0.4 is 48.5 Å². The number of halogens is 1. The lowest BCUT2D eigenvalue weighted by molar-refractivity contribution is -0.192. The van der Waals surface area contributed by atoms with E-state index in [1.807, 2.05) is 25.1 Å². The Bertz CT molecular complexity index is 4610. The Morgan fingerprint density at radius 2 is 1.45 bits per heavy atom. The quantitative estimate of drug-likeness (QED) is 0.0120. The number of nitrogens with two attached hydrogens (primary N) is 2. The zero-order valence-corrected chi connectivity index (χ0v) is 54.2. The van der Waals surface area contributed by atoms with Crippen molar-refractivity contribution in [1.29, 1.82) is 0 Å². The summed E-state index contributed by atoms with van der Waals surface area (Å²) in [5.41, 5.74) is 18.8. The van der Waals surface area contributed by atoms with Crippen LogP contribution in [0, 0.1) is 12.8 Å². The largest absolute Gasteiger partial charge is 0.481 e. The Hall–Kier alpha value is -10.8. The monoisotopic (exact) mass is 1380 g/mol. The zero-order valence-electron chi connectivity index (χ0n) is 51.8. The Kier molecular flexibility index (Phi) is 23.7. The number of amides is 5. The van der Waals surface area contributed by atoms with Gasteiger partial charge in [0.2, 0.25) is 17.8 Å². The van der Waals surface area contributed by atoms with Crippen molar-refractivity contribution in [3.8, 4) is 0 Å². The molecule has 1 aliphatic heterocycles. The number of nitrogens with zero attached hydrogens (tertiary/aromatic N) is 4. The third-order valence-electron chi connectivity index (χ3n) is 15.8. The second-order valence-corrected chi connectivity index (χ2v) is 25.6. The van der Waals surface area contributed by atoms with Crippen molar-refractivity contribution in [2.24, 2.45) is 11.7 Å². The summed E-state index contributed by atoms with van der Waals surface area (Å²) in [6, 6.07) is 27.9. The lowest BCUT2D eigenvalue weighted by atomic mass is 9.92. The molecule has 31 heteroatoms. The first-order chi connectivity index (χ1) is 46.6. The van der Waals surface area contributed by atoms with Crippen LogP contribution in [0.4, 0.5) is 28.7 Å². The summed E-state index contributed by atoms with van der Waals surface area (Å²) in [6.07, 6.45) is 0.491. The highest BCUT2D eigenvalue weighted by Crippen LogP contribution is 2.44. The number of H-pyrrole nitrogens is 3. The fourth-order valence-corrected chi connectivity index (χ4v) is 13.4. The number of nitrogen functional groups attached to an aromatic ring is 1. The minimum Gasteiger partial charge on any atom is -0.481 e. The van der Waals surface area contributed by atoms with Crippen LogP contribution in [0.3, 0.4) is 0 Å². The number of hydrogen-bond acceptors (Lipinski definition) is 20. The van der Waals surface area contributed by atoms with Gasteiger partial charge in [-0.25, -0.2) is 14.8 Å². The van der Waals surface area contributed by atoms with E-state index in [0.29, 0.717) is 69.3 Å². The molecule has 4 aromatic heterocycles. The summed E-state index contributed by atoms with van der Waals surface area (Å²) < 4.78 is 0. The van der Waals surface area contributed by atoms with Gasteiger partial charge in [-0.1, -0.05) is 45.9 Å². The van der Waals surface area contributed by atoms with Gasteiger partial charge in [0, 0.05) is 112 Å². The smallest absolute Gasteiger partial charge is 0.373 e. The standard InChI is InChI=1S/C65H65ClN14O12S2.CO2/c1-33-21-52-56(45-7-3-2-6-44(33)45)38(28-66)31-80(52)63(90)50-25-36-23-41(13-17-48(36)76-50)74-61(88)49-24-35-22-40(12-16-47(35)75-49)72-54(83)18-20-93-94-32-51(64(91)92)77-60(87)37(27-55(84)85)26-53(82)46(67)15-14-43(81)5-4-19-69-59(86)34-8-10-39(11-9-34)70-29-42-30-71-58-57(73-42)62(89)79-65(68)78-58;2-1-3/h2-3,6-13,16-17,21-25,30,37-38,46,51,70,75-76H,4-5,14-15,18-20,26-29,31-32,67H2,1H3,(H,69,86)(H,72,83)(H,74,88)(H,77,87)(H,84,85)(H,91,92)(H3,68,71,78,79,89);. The molecule has 0 saturated heterocycles. The number of Topliss-reactive ketones (excluding diaryl/α,β-unsaturated/α-hetero) is 2. The van der Waals surface area contributed by atoms with Gasteiger partial charge in [0.25, 0.3) is 23.3 Å². The number of ketones is 2. The van der Waals surface area contributed by atoms with E-state index in [0.717, 1.165) is 43.8 Å². The molecule has 4 atom stereocenters. The molecule has 0 bridgehead atoms. The minimum atomic E-state index is -1.48. The molecule has 0 fully saturated rings. The maximum atomic E-state index is 14.1. The molecule has 4 unspecified atom stereocenters. The van der Waals surface area contributed by atoms with E-state index in [-0.39, 0.29) is 109 Å². The van der Waals surface area contributed by atoms with Crippen LogP contribution in [-0.2, 0) is 44.9 Å². The van der Waals surface area contributed by atoms with Crippen LogP contribution >= 0.6 is 33.2 Å². The van der Waals surface area contributed by atoms with E-state index in [9.17, 15) is 58.2 Å². The van der Waals surface area contributed by atoms with Gasteiger partial charge in [-0.3, -0.25) is 48.1 Å². The van der Waals surface area contributed by atoms with Crippen molar-refractivity contribution in [1.82, 2.24) is 40.5 Å². The average molecular weight is 1380 g/mol. The molecule has 5 heterocycles. The van der Waals surface area contributed by atoms with Crippen LogP contribution in [0.25, 0.3) is 43.7 Å². The van der Waals surface area contributed by atoms with Crippen molar-refractivity contribution >= 4 is 165 Å². The molecule has 0 radical (unpaired) electrons. The third-order valence-corrected chi connectivity index (χ3v) is 18.6. The predicted octanol–water partition coefficient (Wildman–Crippen LogP) is 7.20. The molecule has 0 spiro atoms. The van der Waals surface area contributed by atoms with E-state index in [4.69, 9.17) is 32.7 Å². The molecule has 97 heavy (non-hydrogen) atoms. The summed E-state index contributed by atoms with van der Waals surface area (Å²) >= 11 is 6.47. The molecular weight excluding hydrogens is 1310 g/mol. The van der Waals surface area contributed by atoms with Crippen LogP contribution in [0.2, 0.25) is 0 Å². The maximum absolute atomic E-state index is 14.1. The number of carboxylic acid groups (broad SMARTS) is 2. The lowest BCUT2D eigenvalue weighted by Crippen LogP contribution is -2.46. The number of carbonyl (C=O) groups excluding carboxylic acids is 9. The minimum absolute atomic E-state index is 0.0259. The number of rotatable bonds is 30. The first-order valence-electron chi connectivity index (χ1n) is 30.3. The van der Waals surface area contributed by atoms with Gasteiger partial charge in [0.1, 0.15) is 29.0 Å². The predicted molar refractivity (Wildman–Crippen MR) is 366 cm³/mol. The number of anilines is 5. The number of fused-ring (bicyclic) bond motifs is 6. The van der Waals surface area contributed by atoms with Crippen molar-refractivity contribution in [3.05, 3.63) is 153 Å². The van der Waals surface area contributed by atoms with E-state index >= 15 is 0 Å². The maximum Gasteiger partial charge on any atom is 0.373 e. The number of aromatic amines is 3. The van der Waals surface area contributed by atoms with E-state index < -0.39 is 65.9 Å². The van der Waals surface area contributed by atoms with Crippen molar-refractivity contribution in [2.45, 2.75) is 76.4 Å². The van der Waals surface area contributed by atoms with Gasteiger partial charge in [-0.05, 0) is 121 Å². The number of carboxylic acids is 2. The third kappa shape index (κ3) is 18.2. The van der Waals surface area contributed by atoms with Gasteiger partial charge in [0.15, 0.2) is 11.2 Å². The number of aryl methyl sites for hydroxylation is 1. The van der Waals surface area contributed by atoms with E-state index in [1.54, 1.807) is 77.7 Å². The molecule has 5 aromatic carbocycles. The number of nitrogens with one attached hydrogen (secondary N) is 8. The van der Waals surface area contributed by atoms with E-state index in [1.165, 1.54) is 17.0 Å². The first-order valence-corrected chi connectivity index (χ1v) is 33.3. The second kappa shape index (κ2) is 32.6. The van der Waals surface area contributed by atoms with Crippen LogP contribution in [0.5, 0.6) is 0 Å². The Balaban J connectivity index is 0.00000361. The number of alkyl halides is 1. The van der Waals surface area contributed by atoms with E-state index in [2.05, 4.69) is 68.6 Å². The highest BCUT2D eigenvalue weighted by atomic mass is 35.5. The summed E-state index contributed by atoms with van der Waals surface area (Å²) in [5.74, 6) is -7.17. The normalized spacial score (nSPS) is 13.4. The van der Waals surface area contributed by atoms with Gasteiger partial charge in [0.05, 0.1) is 36.8 Å². The molecule has 28 nitrogen and oxygen atoms in total. The Morgan fingerprint density at radius 1 is 0.784 bits per heavy atom. The van der Waals surface area contributed by atoms with Gasteiger partial charge >= 0.3 is 18.1 Å². The summed E-state index contributed by atoms with van der Waals surface area (Å²) in [6.45, 7) is 2.88. The molecule has 5 amide bonds. The number of aliphatic carboxylic acids is 2. The highest BCUT2D eigenvalue weighted by Gasteiger charge is 2.36. The average Bonchev–Trinajstić information content (AvgIpc) is 1.63. The van der Waals surface area contributed by atoms with Crippen LogP contribution in [0.15, 0.2) is 114 Å². The molecular formula is C66H65ClN14O14S2. The topological polar surface area (TPSA) is 447 Å². The SMILES string of the molecule is Cc1cc2c(c3ccccc13)C(CCl)CN2C(=O)c1cc2cc(NC(=O)c3cc4cc(NC(=O)CCSSCC(NC(=O)C(CC(=O)O)CC(=O)C(N)CCC(=O)CCCNC(=O)c5ccc(NCc6cnc7nc(N)[nH]c(=O)c7n6)cc5)C(=O)O)ccc4[nH]3)ccc2[nH]1.O=C=O. The molecule has 9 aromatic rings. The zero-order chi connectivity index (χ0) is 69.4. The molecule has 0 saturated carbocycles. The van der Waals surface area contributed by atoms with Crippen molar-refractivity contribution in [3.63, 3.8) is 0 Å². The molecule has 10 rings (SSSR count). The Labute approximate surface area is 564 Å². The van der Waals surface area contributed by atoms with Crippen LogP contribution in [0.1, 0.15) is 99.0 Å². The second-order valence-electron chi connectivity index (χ2n) is 22.7. The first kappa shape index (κ1) is 70.5. The molecule has 1 aliphatic rings. The fraction of sp³-hybridized carbons (Fsp3) is 0.273. The molecule has 502 valence electrons. The summed E-state index contributed by atoms with van der Waals surface area (Å²) in [4.78, 5) is 168. The van der Waals surface area contributed by atoms with Gasteiger partial charge in [-0.2, -0.15) is 14.6 Å². The number of benzene rings is 5. The fourth-order valence-electron chi connectivity index (χ4n) is 11.0. The molecule has 0 aliphatic carbocycles. The van der Waals surface area contributed by atoms with Crippen molar-refractivity contribution in [2.75, 3.05) is 57.1 Å². The van der Waals surface area contributed by atoms with Crippen molar-refractivity contribution < 1.29 is 63.0 Å². The highest BCUT2D eigenvalue weighted by molar-refractivity contribution is 8.76. The summed E-state index contributed by atoms with van der Waals surface area (Å²) in [5, 5.41) is 37.0. The number of aromatic nitrogens is 6. The number of hydrogen-bond donors (Lipinski definition) is 12. The number of carbonyl (C=O) groups is 9. The molecule has 14 N–H and O–H groups in total. The Morgan fingerprint density at radius 3 is 2.14 bits per heavy atom.